The monoisotopic (exact) mass is 181 g/mol. The molecule has 0 spiro atoms. The van der Waals surface area contributed by atoms with Crippen molar-refractivity contribution in [2.45, 2.75) is 6.54 Å². The highest BCUT2D eigenvalue weighted by molar-refractivity contribution is 6.30. The van der Waals surface area contributed by atoms with Gasteiger partial charge in [0.1, 0.15) is 12.2 Å². The van der Waals surface area contributed by atoms with E-state index in [9.17, 15) is 0 Å². The van der Waals surface area contributed by atoms with Gasteiger partial charge in [-0.3, -0.25) is 5.73 Å². The molecule has 12 heavy (non-hydrogen) atoms. The van der Waals surface area contributed by atoms with E-state index in [0.717, 1.165) is 16.3 Å². The highest BCUT2D eigenvalue weighted by atomic mass is 35.5. The van der Waals surface area contributed by atoms with E-state index >= 15 is 0 Å². The minimum atomic E-state index is 0.463. The number of nitrogens with two attached hydrogens (primary N) is 1. The molecular formula is C8H8ClN3+. The Morgan fingerprint density at radius 1 is 1.50 bits per heavy atom. The van der Waals surface area contributed by atoms with Crippen LogP contribution >= 0.6 is 11.6 Å². The third kappa shape index (κ3) is 1.23. The fraction of sp³-hybridized carbons (Fsp3) is 0.125. The quantitative estimate of drug-likeness (QED) is 0.625. The molecule has 0 amide bonds. The average molecular weight is 182 g/mol. The number of halogens is 1. The van der Waals surface area contributed by atoms with Crippen LogP contribution in [0.2, 0.25) is 5.02 Å². The standard InChI is InChI=1S/C8H8ClN3/c9-6-1-2-7-5(3-6)4-11-8(10)12-7/h1-3,12H,4,10H2/q+1. The van der Waals surface area contributed by atoms with Crippen LogP contribution < -0.4 is 16.0 Å². The first-order valence-electron chi connectivity index (χ1n) is 3.61. The Kier molecular flexibility index (Phi) is 1.66. The summed E-state index contributed by atoms with van der Waals surface area (Å²) in [6.45, 7) is 0.606. The number of aliphatic imine (C=N–C) groups is 1. The number of rotatable bonds is 0. The SMILES string of the molecule is NC1=[N+]Cc2cc(Cl)ccc2N1. The highest BCUT2D eigenvalue weighted by Gasteiger charge is 2.15. The van der Waals surface area contributed by atoms with E-state index in [1.54, 1.807) is 0 Å². The van der Waals surface area contributed by atoms with Gasteiger partial charge in [-0.1, -0.05) is 11.6 Å². The molecule has 0 fully saturated rings. The number of guanidine groups is 1. The fourth-order valence-electron chi connectivity index (χ4n) is 1.16. The van der Waals surface area contributed by atoms with Crippen molar-refractivity contribution in [3.05, 3.63) is 28.8 Å². The largest absolute Gasteiger partial charge is 0.382 e. The molecule has 61 valence electrons. The number of anilines is 1. The van der Waals surface area contributed by atoms with Gasteiger partial charge in [0.05, 0.1) is 0 Å². The van der Waals surface area contributed by atoms with Gasteiger partial charge < -0.3 is 0 Å². The van der Waals surface area contributed by atoms with Crippen LogP contribution in [0, 0.1) is 0 Å². The van der Waals surface area contributed by atoms with Gasteiger partial charge in [0.15, 0.2) is 0 Å². The zero-order chi connectivity index (χ0) is 8.55. The number of benzene rings is 1. The summed E-state index contributed by atoms with van der Waals surface area (Å²) in [5.41, 5.74) is 7.57. The van der Waals surface area contributed by atoms with Gasteiger partial charge in [0.2, 0.25) is 0 Å². The summed E-state index contributed by atoms with van der Waals surface area (Å²) in [5, 5.41) is 3.68. The predicted molar refractivity (Wildman–Crippen MR) is 50.1 cm³/mol. The summed E-state index contributed by atoms with van der Waals surface area (Å²) in [5.74, 6) is 0.463. The van der Waals surface area contributed by atoms with Gasteiger partial charge in [-0.15, -0.1) is 4.99 Å². The average Bonchev–Trinajstić information content (AvgIpc) is 2.05. The van der Waals surface area contributed by atoms with Crippen molar-refractivity contribution in [2.24, 2.45) is 5.73 Å². The van der Waals surface area contributed by atoms with Crippen molar-refractivity contribution in [1.82, 2.24) is 4.99 Å². The van der Waals surface area contributed by atoms with Gasteiger partial charge in [0.25, 0.3) is 0 Å². The van der Waals surface area contributed by atoms with Crippen LogP contribution in [0.25, 0.3) is 0 Å². The first-order chi connectivity index (χ1) is 5.75. The molecule has 0 bridgehead atoms. The molecule has 0 saturated heterocycles. The molecular weight excluding hydrogens is 174 g/mol. The Labute approximate surface area is 75.2 Å². The van der Waals surface area contributed by atoms with E-state index in [1.165, 1.54) is 0 Å². The lowest BCUT2D eigenvalue weighted by Gasteiger charge is -2.08. The van der Waals surface area contributed by atoms with Crippen LogP contribution in [0.15, 0.2) is 18.2 Å². The summed E-state index contributed by atoms with van der Waals surface area (Å²) in [7, 11) is 0. The lowest BCUT2D eigenvalue weighted by molar-refractivity contribution is 0.939. The molecule has 1 aromatic rings. The minimum Gasteiger partial charge on any atom is -0.288 e. The van der Waals surface area contributed by atoms with E-state index in [2.05, 4.69) is 10.3 Å². The number of fused-ring (bicyclic) bond motifs is 1. The molecule has 2 rings (SSSR count). The third-order valence-electron chi connectivity index (χ3n) is 1.75. The molecule has 1 radical (unpaired) electrons. The van der Waals surface area contributed by atoms with Gasteiger partial charge in [-0.2, -0.15) is 0 Å². The first-order valence-corrected chi connectivity index (χ1v) is 3.99. The Hall–Kier alpha value is -1.22. The number of hydrogen-bond donors (Lipinski definition) is 2. The Morgan fingerprint density at radius 3 is 3.17 bits per heavy atom. The molecule has 0 unspecified atom stereocenters. The van der Waals surface area contributed by atoms with Crippen molar-refractivity contribution in [3.8, 4) is 0 Å². The minimum absolute atomic E-state index is 0.463. The third-order valence-corrected chi connectivity index (χ3v) is 1.98. The van der Waals surface area contributed by atoms with E-state index in [4.69, 9.17) is 17.3 Å². The van der Waals surface area contributed by atoms with Crippen LogP contribution in [-0.2, 0) is 6.54 Å². The van der Waals surface area contributed by atoms with Crippen LogP contribution in [0.4, 0.5) is 5.69 Å². The van der Waals surface area contributed by atoms with Crippen molar-refractivity contribution < 1.29 is 0 Å². The second-order valence-corrected chi connectivity index (χ2v) is 3.06. The highest BCUT2D eigenvalue weighted by Crippen LogP contribution is 2.21. The molecule has 1 heterocycles. The lowest BCUT2D eigenvalue weighted by Crippen LogP contribution is -2.31. The summed E-state index contributed by atoms with van der Waals surface area (Å²) in [4.78, 5) is 4.04. The number of nitrogens with one attached hydrogen (secondary N) is 1. The van der Waals surface area contributed by atoms with Gasteiger partial charge in [-0.05, 0) is 18.2 Å². The van der Waals surface area contributed by atoms with Crippen molar-refractivity contribution in [1.29, 1.82) is 0 Å². The van der Waals surface area contributed by atoms with Gasteiger partial charge in [0, 0.05) is 10.6 Å². The maximum atomic E-state index is 5.81. The predicted octanol–water partition coefficient (Wildman–Crippen LogP) is 0.916. The summed E-state index contributed by atoms with van der Waals surface area (Å²) >= 11 is 5.81. The maximum absolute atomic E-state index is 5.81. The summed E-state index contributed by atoms with van der Waals surface area (Å²) in [6, 6.07) is 5.62. The Morgan fingerprint density at radius 2 is 2.33 bits per heavy atom. The van der Waals surface area contributed by atoms with Crippen molar-refractivity contribution in [2.75, 3.05) is 5.32 Å². The van der Waals surface area contributed by atoms with E-state index in [1.807, 2.05) is 18.2 Å². The summed E-state index contributed by atoms with van der Waals surface area (Å²) in [6.07, 6.45) is 0. The summed E-state index contributed by atoms with van der Waals surface area (Å²) < 4.78 is 0. The molecule has 3 N–H and O–H groups in total. The topological polar surface area (TPSA) is 52.2 Å². The number of nitrogens with zero attached hydrogens (tertiary/aromatic N) is 1. The van der Waals surface area contributed by atoms with Crippen LogP contribution in [0.3, 0.4) is 0 Å². The van der Waals surface area contributed by atoms with E-state index in [0.29, 0.717) is 12.5 Å². The zero-order valence-corrected chi connectivity index (χ0v) is 7.10. The molecule has 1 aliphatic rings. The van der Waals surface area contributed by atoms with E-state index < -0.39 is 0 Å². The molecule has 0 atom stereocenters. The molecule has 1 aliphatic heterocycles. The van der Waals surface area contributed by atoms with Crippen LogP contribution in [0.1, 0.15) is 5.56 Å². The molecule has 1 aromatic carbocycles. The normalized spacial score (nSPS) is 14.6. The molecule has 0 aliphatic carbocycles. The van der Waals surface area contributed by atoms with E-state index in [-0.39, 0.29) is 0 Å². The van der Waals surface area contributed by atoms with Gasteiger partial charge >= 0.3 is 5.96 Å². The smallest absolute Gasteiger partial charge is 0.288 e. The molecule has 3 nitrogen and oxygen atoms in total. The zero-order valence-electron chi connectivity index (χ0n) is 6.34. The lowest BCUT2D eigenvalue weighted by atomic mass is 10.1. The second-order valence-electron chi connectivity index (χ2n) is 2.63. The molecule has 4 heteroatoms. The van der Waals surface area contributed by atoms with Gasteiger partial charge in [-0.25, -0.2) is 5.32 Å². The first kappa shape index (κ1) is 7.43. The number of hydrogen-bond acceptors (Lipinski definition) is 3. The fourth-order valence-corrected chi connectivity index (χ4v) is 1.36. The van der Waals surface area contributed by atoms with Crippen molar-refractivity contribution >= 4 is 23.2 Å². The van der Waals surface area contributed by atoms with Crippen molar-refractivity contribution in [3.63, 3.8) is 0 Å². The molecule has 0 aromatic heterocycles. The maximum Gasteiger partial charge on any atom is 0.382 e. The molecule has 0 saturated carbocycles. The van der Waals surface area contributed by atoms with Crippen LogP contribution in [0.5, 0.6) is 0 Å². The van der Waals surface area contributed by atoms with Crippen LogP contribution in [-0.4, -0.2) is 5.96 Å². The Bertz CT molecular complexity index is 346. The second kappa shape index (κ2) is 2.68. The Balaban J connectivity index is 2.43.